The van der Waals surface area contributed by atoms with Gasteiger partial charge in [-0.15, -0.1) is 0 Å². The molecule has 1 spiro atoms. The van der Waals surface area contributed by atoms with E-state index in [1.807, 2.05) is 0 Å². The summed E-state index contributed by atoms with van der Waals surface area (Å²) in [5, 5.41) is 0. The second-order valence-corrected chi connectivity index (χ2v) is 6.13. The minimum absolute atomic E-state index is 0.675. The van der Waals surface area contributed by atoms with Crippen LogP contribution >= 0.6 is 0 Å². The Bertz CT molecular complexity index is 219. The van der Waals surface area contributed by atoms with Crippen LogP contribution in [-0.4, -0.2) is 49.1 Å². The Labute approximate surface area is 101 Å². The quantitative estimate of drug-likeness (QED) is 0.711. The summed E-state index contributed by atoms with van der Waals surface area (Å²) in [7, 11) is 2.27. The van der Waals surface area contributed by atoms with Crippen LogP contribution in [0.4, 0.5) is 0 Å². The highest BCUT2D eigenvalue weighted by Gasteiger charge is 2.38. The van der Waals surface area contributed by atoms with Crippen molar-refractivity contribution in [3.05, 3.63) is 0 Å². The van der Waals surface area contributed by atoms with E-state index in [1.54, 1.807) is 0 Å². The van der Waals surface area contributed by atoms with Gasteiger partial charge in [0, 0.05) is 12.6 Å². The first-order chi connectivity index (χ1) is 7.65. The van der Waals surface area contributed by atoms with Gasteiger partial charge in [0.05, 0.1) is 0 Å². The summed E-state index contributed by atoms with van der Waals surface area (Å²) < 4.78 is 0. The zero-order chi connectivity index (χ0) is 11.6. The first-order valence-electron chi connectivity index (χ1n) is 7.08. The molecule has 0 N–H and O–H groups in total. The van der Waals surface area contributed by atoms with Gasteiger partial charge < -0.3 is 9.80 Å². The average molecular weight is 224 g/mol. The highest BCUT2D eigenvalue weighted by atomic mass is 15.2. The molecule has 0 amide bonds. The van der Waals surface area contributed by atoms with Crippen LogP contribution in [0, 0.1) is 5.41 Å². The minimum atomic E-state index is 0.675. The van der Waals surface area contributed by atoms with Crippen molar-refractivity contribution in [2.45, 2.75) is 52.0 Å². The molecule has 2 nitrogen and oxygen atoms in total. The van der Waals surface area contributed by atoms with E-state index in [4.69, 9.17) is 0 Å². The van der Waals surface area contributed by atoms with E-state index in [0.717, 1.165) is 6.04 Å². The fourth-order valence-electron chi connectivity index (χ4n) is 3.38. The van der Waals surface area contributed by atoms with E-state index in [1.165, 1.54) is 58.3 Å². The molecular formula is C14H28N2. The van der Waals surface area contributed by atoms with Crippen LogP contribution in [0.25, 0.3) is 0 Å². The van der Waals surface area contributed by atoms with Crippen molar-refractivity contribution in [2.24, 2.45) is 5.41 Å². The first kappa shape index (κ1) is 12.4. The summed E-state index contributed by atoms with van der Waals surface area (Å²) in [5.41, 5.74) is 0.675. The normalized spacial score (nSPS) is 29.4. The van der Waals surface area contributed by atoms with Crippen molar-refractivity contribution in [1.29, 1.82) is 0 Å². The van der Waals surface area contributed by atoms with Crippen LogP contribution in [-0.2, 0) is 0 Å². The van der Waals surface area contributed by atoms with Crippen LogP contribution < -0.4 is 0 Å². The fourth-order valence-corrected chi connectivity index (χ4v) is 3.38. The largest absolute Gasteiger partial charge is 0.306 e. The number of hydrogen-bond donors (Lipinski definition) is 0. The molecule has 2 rings (SSSR count). The average Bonchev–Trinajstić information content (AvgIpc) is 2.33. The lowest BCUT2D eigenvalue weighted by molar-refractivity contribution is 0.0138. The molecule has 1 unspecified atom stereocenters. The summed E-state index contributed by atoms with van der Waals surface area (Å²) in [5.74, 6) is 0. The Kier molecular flexibility index (Phi) is 3.91. The lowest BCUT2D eigenvalue weighted by Gasteiger charge is -2.48. The topological polar surface area (TPSA) is 6.48 Å². The van der Waals surface area contributed by atoms with E-state index in [9.17, 15) is 0 Å². The van der Waals surface area contributed by atoms with Gasteiger partial charge in [0.25, 0.3) is 0 Å². The molecule has 0 aromatic heterocycles. The molecule has 0 saturated carbocycles. The molecule has 2 saturated heterocycles. The van der Waals surface area contributed by atoms with Crippen LogP contribution in [0.1, 0.15) is 46.0 Å². The third-order valence-electron chi connectivity index (χ3n) is 4.95. The molecular weight excluding hydrogens is 196 g/mol. The van der Waals surface area contributed by atoms with Gasteiger partial charge in [-0.25, -0.2) is 0 Å². The second kappa shape index (κ2) is 5.05. The summed E-state index contributed by atoms with van der Waals surface area (Å²) in [6, 6.07) is 0.789. The summed E-state index contributed by atoms with van der Waals surface area (Å²) in [4.78, 5) is 5.24. The maximum absolute atomic E-state index is 2.74. The molecule has 2 heteroatoms. The molecule has 2 aliphatic rings. The van der Waals surface area contributed by atoms with Gasteiger partial charge in [-0.1, -0.05) is 6.92 Å². The predicted molar refractivity (Wildman–Crippen MR) is 69.7 cm³/mol. The van der Waals surface area contributed by atoms with E-state index in [-0.39, 0.29) is 0 Å². The number of nitrogens with zero attached hydrogens (tertiary/aromatic N) is 2. The molecule has 0 radical (unpaired) electrons. The maximum atomic E-state index is 2.74. The Morgan fingerprint density at radius 1 is 1.12 bits per heavy atom. The number of likely N-dealkylation sites (tertiary alicyclic amines) is 2. The first-order valence-corrected chi connectivity index (χ1v) is 7.08. The smallest absolute Gasteiger partial charge is 0.00645 e. The van der Waals surface area contributed by atoms with Crippen LogP contribution in [0.2, 0.25) is 0 Å². The van der Waals surface area contributed by atoms with Gasteiger partial charge in [-0.05, 0) is 71.1 Å². The zero-order valence-electron chi connectivity index (χ0n) is 11.3. The summed E-state index contributed by atoms with van der Waals surface area (Å²) in [6.07, 6.45) is 7.06. The molecule has 94 valence electrons. The Morgan fingerprint density at radius 3 is 2.44 bits per heavy atom. The summed E-state index contributed by atoms with van der Waals surface area (Å²) >= 11 is 0. The van der Waals surface area contributed by atoms with E-state index in [2.05, 4.69) is 30.7 Å². The van der Waals surface area contributed by atoms with E-state index >= 15 is 0 Å². The van der Waals surface area contributed by atoms with E-state index < -0.39 is 0 Å². The standard InChI is InChI=1S/C14H28N2/c1-4-13(2)16-9-5-6-14(12-16)7-10-15(3)11-8-14/h13H,4-12H2,1-3H3. The van der Waals surface area contributed by atoms with Crippen LogP contribution in [0.15, 0.2) is 0 Å². The van der Waals surface area contributed by atoms with Crippen molar-refractivity contribution < 1.29 is 0 Å². The SMILES string of the molecule is CCC(C)N1CCCC2(CCN(C)CC2)C1. The highest BCUT2D eigenvalue weighted by Crippen LogP contribution is 2.40. The summed E-state index contributed by atoms with van der Waals surface area (Å²) in [6.45, 7) is 10.1. The predicted octanol–water partition coefficient (Wildman–Crippen LogP) is 2.59. The van der Waals surface area contributed by atoms with Crippen molar-refractivity contribution in [1.82, 2.24) is 9.80 Å². The monoisotopic (exact) mass is 224 g/mol. The Hall–Kier alpha value is -0.0800. The van der Waals surface area contributed by atoms with Crippen molar-refractivity contribution >= 4 is 0 Å². The van der Waals surface area contributed by atoms with E-state index in [0.29, 0.717) is 5.41 Å². The number of hydrogen-bond acceptors (Lipinski definition) is 2. The van der Waals surface area contributed by atoms with Crippen molar-refractivity contribution in [3.8, 4) is 0 Å². The zero-order valence-corrected chi connectivity index (χ0v) is 11.3. The number of piperidine rings is 2. The van der Waals surface area contributed by atoms with Gasteiger partial charge in [-0.3, -0.25) is 0 Å². The molecule has 0 bridgehead atoms. The van der Waals surface area contributed by atoms with Crippen LogP contribution in [0.5, 0.6) is 0 Å². The molecule has 1 atom stereocenters. The Balaban J connectivity index is 1.95. The minimum Gasteiger partial charge on any atom is -0.306 e. The molecule has 2 aliphatic heterocycles. The van der Waals surface area contributed by atoms with Crippen molar-refractivity contribution in [3.63, 3.8) is 0 Å². The molecule has 2 fully saturated rings. The highest BCUT2D eigenvalue weighted by molar-refractivity contribution is 4.92. The lowest BCUT2D eigenvalue weighted by Crippen LogP contribution is -2.51. The fraction of sp³-hybridized carbons (Fsp3) is 1.00. The number of rotatable bonds is 2. The second-order valence-electron chi connectivity index (χ2n) is 6.13. The Morgan fingerprint density at radius 2 is 1.81 bits per heavy atom. The molecule has 0 aliphatic carbocycles. The molecule has 16 heavy (non-hydrogen) atoms. The molecule has 0 aromatic carbocycles. The third kappa shape index (κ3) is 2.60. The molecule has 2 heterocycles. The van der Waals surface area contributed by atoms with Crippen LogP contribution in [0.3, 0.4) is 0 Å². The maximum Gasteiger partial charge on any atom is 0.00645 e. The van der Waals surface area contributed by atoms with Gasteiger partial charge in [0.2, 0.25) is 0 Å². The lowest BCUT2D eigenvalue weighted by atomic mass is 9.72. The van der Waals surface area contributed by atoms with Gasteiger partial charge in [0.15, 0.2) is 0 Å². The van der Waals surface area contributed by atoms with Gasteiger partial charge in [-0.2, -0.15) is 0 Å². The van der Waals surface area contributed by atoms with Crippen molar-refractivity contribution in [2.75, 3.05) is 33.2 Å². The van der Waals surface area contributed by atoms with Gasteiger partial charge >= 0.3 is 0 Å². The third-order valence-corrected chi connectivity index (χ3v) is 4.95. The molecule has 0 aromatic rings. The van der Waals surface area contributed by atoms with Gasteiger partial charge in [0.1, 0.15) is 0 Å².